The first-order valence-corrected chi connectivity index (χ1v) is 14.7. The molecule has 0 saturated carbocycles. The highest BCUT2D eigenvalue weighted by Gasteiger charge is 2.30. The van der Waals surface area contributed by atoms with Gasteiger partial charge in [-0.2, -0.15) is 0 Å². The Labute approximate surface area is 246 Å². The molecular weight excluding hydrogens is 534 g/mol. The predicted octanol–water partition coefficient (Wildman–Crippen LogP) is 6.78. The molecular formula is C33H36ClN5O2. The number of hydrogen-bond acceptors (Lipinski definition) is 6. The number of halogens is 1. The van der Waals surface area contributed by atoms with Crippen LogP contribution in [0.3, 0.4) is 0 Å². The van der Waals surface area contributed by atoms with E-state index in [-0.39, 0.29) is 6.42 Å². The van der Waals surface area contributed by atoms with Crippen LogP contribution >= 0.6 is 11.6 Å². The molecule has 0 spiro atoms. The number of hydrogen-bond donors (Lipinski definition) is 1. The topological polar surface area (TPSA) is 82.5 Å². The minimum Gasteiger partial charge on any atom is -0.481 e. The standard InChI is InChI=1S/C33H36ClN5O2/c1-20-26(17-29(40)41)31(38-14-10-33(3,4)11-15-38)30(21(2)36-20)23-7-8-24-19-39(13-9-22(24)16-23)28-18-27(34)25-6-5-12-35-32(25)37-28/h5-8,12,16,18H,9-11,13-15,17,19H2,1-4H3,(H,40,41). The van der Waals surface area contributed by atoms with E-state index >= 15 is 0 Å². The van der Waals surface area contributed by atoms with Crippen LogP contribution in [-0.4, -0.2) is 45.7 Å². The quantitative estimate of drug-likeness (QED) is 0.284. The average Bonchev–Trinajstić information content (AvgIpc) is 2.94. The second-order valence-electron chi connectivity index (χ2n) is 12.2. The molecule has 1 fully saturated rings. The van der Waals surface area contributed by atoms with E-state index in [1.807, 2.05) is 25.1 Å². The van der Waals surface area contributed by atoms with E-state index in [1.165, 1.54) is 11.1 Å². The summed E-state index contributed by atoms with van der Waals surface area (Å²) in [6, 6.07) is 12.4. The van der Waals surface area contributed by atoms with Crippen LogP contribution in [0.25, 0.3) is 22.2 Å². The second-order valence-corrected chi connectivity index (χ2v) is 12.6. The van der Waals surface area contributed by atoms with Crippen LogP contribution in [0, 0.1) is 19.3 Å². The smallest absolute Gasteiger partial charge is 0.307 e. The van der Waals surface area contributed by atoms with Gasteiger partial charge in [0.2, 0.25) is 0 Å². The summed E-state index contributed by atoms with van der Waals surface area (Å²) >= 11 is 6.58. The highest BCUT2D eigenvalue weighted by atomic mass is 35.5. The summed E-state index contributed by atoms with van der Waals surface area (Å²) in [6.07, 6.45) is 4.72. The number of rotatable bonds is 5. The number of piperidine rings is 1. The molecule has 7 nitrogen and oxygen atoms in total. The number of aromatic nitrogens is 3. The number of aryl methyl sites for hydroxylation is 2. The van der Waals surface area contributed by atoms with Crippen molar-refractivity contribution in [3.8, 4) is 11.1 Å². The fourth-order valence-electron chi connectivity index (χ4n) is 6.33. The molecule has 8 heteroatoms. The largest absolute Gasteiger partial charge is 0.481 e. The van der Waals surface area contributed by atoms with Crippen molar-refractivity contribution in [3.05, 3.63) is 75.7 Å². The van der Waals surface area contributed by atoms with E-state index in [0.29, 0.717) is 16.1 Å². The molecule has 2 aliphatic heterocycles. The third-order valence-corrected chi connectivity index (χ3v) is 9.08. The summed E-state index contributed by atoms with van der Waals surface area (Å²) < 4.78 is 0. The number of pyridine rings is 3. The van der Waals surface area contributed by atoms with Crippen molar-refractivity contribution in [1.82, 2.24) is 15.0 Å². The molecule has 0 unspecified atom stereocenters. The van der Waals surface area contributed by atoms with Crippen LogP contribution in [0.1, 0.15) is 54.8 Å². The van der Waals surface area contributed by atoms with Crippen LogP contribution in [0.2, 0.25) is 5.02 Å². The zero-order chi connectivity index (χ0) is 28.9. The van der Waals surface area contributed by atoms with Crippen molar-refractivity contribution in [2.45, 2.75) is 59.9 Å². The molecule has 0 amide bonds. The summed E-state index contributed by atoms with van der Waals surface area (Å²) in [5.74, 6) is 0.00885. The van der Waals surface area contributed by atoms with Crippen LogP contribution in [0.5, 0.6) is 0 Å². The van der Waals surface area contributed by atoms with Gasteiger partial charge in [0.05, 0.1) is 17.1 Å². The molecule has 4 aromatic rings. The number of benzene rings is 1. The van der Waals surface area contributed by atoms with Crippen molar-refractivity contribution < 1.29 is 9.90 Å². The van der Waals surface area contributed by atoms with Gasteiger partial charge in [0.15, 0.2) is 5.65 Å². The molecule has 5 heterocycles. The maximum absolute atomic E-state index is 12.0. The van der Waals surface area contributed by atoms with Gasteiger partial charge in [-0.1, -0.05) is 43.6 Å². The van der Waals surface area contributed by atoms with Gasteiger partial charge in [0, 0.05) is 66.3 Å². The molecule has 0 atom stereocenters. The van der Waals surface area contributed by atoms with Crippen molar-refractivity contribution in [2.24, 2.45) is 5.41 Å². The van der Waals surface area contributed by atoms with E-state index in [4.69, 9.17) is 21.6 Å². The van der Waals surface area contributed by atoms with E-state index in [9.17, 15) is 9.90 Å². The van der Waals surface area contributed by atoms with Gasteiger partial charge in [0.25, 0.3) is 0 Å². The van der Waals surface area contributed by atoms with Gasteiger partial charge in [0.1, 0.15) is 5.82 Å². The van der Waals surface area contributed by atoms with Crippen molar-refractivity contribution in [3.63, 3.8) is 0 Å². The number of nitrogens with zero attached hydrogens (tertiary/aromatic N) is 5. The lowest BCUT2D eigenvalue weighted by molar-refractivity contribution is -0.136. The van der Waals surface area contributed by atoms with Crippen molar-refractivity contribution >= 4 is 40.1 Å². The van der Waals surface area contributed by atoms with Crippen LogP contribution in [0.4, 0.5) is 11.5 Å². The molecule has 41 heavy (non-hydrogen) atoms. The molecule has 6 rings (SSSR count). The Kier molecular flexibility index (Phi) is 7.10. The minimum atomic E-state index is -0.827. The molecule has 0 bridgehead atoms. The Morgan fingerprint density at radius 2 is 1.78 bits per heavy atom. The molecule has 1 saturated heterocycles. The van der Waals surface area contributed by atoms with Crippen molar-refractivity contribution in [2.75, 3.05) is 29.4 Å². The maximum Gasteiger partial charge on any atom is 0.307 e. The lowest BCUT2D eigenvalue weighted by Crippen LogP contribution is -2.38. The monoisotopic (exact) mass is 569 g/mol. The van der Waals surface area contributed by atoms with Crippen LogP contribution < -0.4 is 9.80 Å². The minimum absolute atomic E-state index is 0.0303. The molecule has 3 aromatic heterocycles. The first-order valence-electron chi connectivity index (χ1n) is 14.3. The van der Waals surface area contributed by atoms with Gasteiger partial charge < -0.3 is 14.9 Å². The first-order chi connectivity index (χ1) is 19.6. The molecule has 212 valence electrons. The summed E-state index contributed by atoms with van der Waals surface area (Å²) in [5.41, 5.74) is 9.29. The number of fused-ring (bicyclic) bond motifs is 2. The third kappa shape index (κ3) is 5.35. The molecule has 0 radical (unpaired) electrons. The number of aliphatic carboxylic acids is 1. The summed E-state index contributed by atoms with van der Waals surface area (Å²) in [6.45, 7) is 12.0. The lowest BCUT2D eigenvalue weighted by atomic mass is 9.82. The molecule has 0 aliphatic carbocycles. The summed E-state index contributed by atoms with van der Waals surface area (Å²) in [5, 5.41) is 11.3. The maximum atomic E-state index is 12.0. The van der Waals surface area contributed by atoms with E-state index in [1.54, 1.807) is 6.20 Å². The predicted molar refractivity (Wildman–Crippen MR) is 165 cm³/mol. The Balaban J connectivity index is 1.37. The number of anilines is 2. The highest BCUT2D eigenvalue weighted by Crippen LogP contribution is 2.42. The third-order valence-electron chi connectivity index (χ3n) is 8.77. The van der Waals surface area contributed by atoms with E-state index in [0.717, 1.165) is 90.4 Å². The van der Waals surface area contributed by atoms with Crippen LogP contribution in [-0.2, 0) is 24.2 Å². The number of carboxylic acid groups (broad SMARTS) is 1. The normalized spacial score (nSPS) is 16.6. The number of carbonyl (C=O) groups is 1. The Morgan fingerprint density at radius 3 is 2.54 bits per heavy atom. The molecule has 2 aliphatic rings. The van der Waals surface area contributed by atoms with Gasteiger partial charge in [-0.25, -0.2) is 9.97 Å². The fraction of sp³-hybridized carbons (Fsp3) is 0.394. The average molecular weight is 570 g/mol. The zero-order valence-corrected chi connectivity index (χ0v) is 24.9. The Bertz CT molecular complexity index is 1660. The Morgan fingerprint density at radius 1 is 1.00 bits per heavy atom. The molecule has 1 N–H and O–H groups in total. The SMILES string of the molecule is Cc1nc(C)c(-c2ccc3c(c2)CCN(c2cc(Cl)c4cccnc4n2)C3)c(N2CCC(C)(C)CC2)c1CC(=O)O. The molecule has 1 aromatic carbocycles. The van der Waals surface area contributed by atoms with E-state index < -0.39 is 5.97 Å². The highest BCUT2D eigenvalue weighted by molar-refractivity contribution is 6.35. The van der Waals surface area contributed by atoms with Gasteiger partial charge in [-0.15, -0.1) is 0 Å². The van der Waals surface area contributed by atoms with Gasteiger partial charge in [-0.05, 0) is 67.3 Å². The number of carboxylic acids is 1. The zero-order valence-electron chi connectivity index (χ0n) is 24.2. The van der Waals surface area contributed by atoms with Gasteiger partial charge >= 0.3 is 5.97 Å². The van der Waals surface area contributed by atoms with Crippen LogP contribution in [0.15, 0.2) is 42.6 Å². The second kappa shape index (κ2) is 10.6. The first kappa shape index (κ1) is 27.5. The summed E-state index contributed by atoms with van der Waals surface area (Å²) in [4.78, 5) is 30.7. The summed E-state index contributed by atoms with van der Waals surface area (Å²) in [7, 11) is 0. The van der Waals surface area contributed by atoms with Gasteiger partial charge in [-0.3, -0.25) is 9.78 Å². The lowest BCUT2D eigenvalue weighted by Gasteiger charge is -2.40. The fourth-order valence-corrected chi connectivity index (χ4v) is 6.58. The van der Waals surface area contributed by atoms with E-state index in [2.05, 4.69) is 53.8 Å². The van der Waals surface area contributed by atoms with Crippen molar-refractivity contribution in [1.29, 1.82) is 0 Å². The Hall–Kier alpha value is -3.71.